The highest BCUT2D eigenvalue weighted by Gasteiger charge is 2.13. The molecule has 0 atom stereocenters. The number of nitro benzene ring substituents is 1. The molecular formula is C15H15ClN2O2. The molecule has 20 heavy (non-hydrogen) atoms. The molecule has 0 saturated heterocycles. The van der Waals surface area contributed by atoms with Crippen LogP contribution in [0.4, 0.5) is 11.4 Å². The first-order valence-electron chi connectivity index (χ1n) is 6.21. The first-order chi connectivity index (χ1) is 9.47. The Morgan fingerprint density at radius 2 is 1.90 bits per heavy atom. The van der Waals surface area contributed by atoms with Gasteiger partial charge in [-0.25, -0.2) is 0 Å². The molecule has 2 aromatic rings. The number of aryl methyl sites for hydroxylation is 2. The van der Waals surface area contributed by atoms with Crippen molar-refractivity contribution in [1.82, 2.24) is 0 Å². The molecule has 104 valence electrons. The third-order valence-electron chi connectivity index (χ3n) is 3.21. The summed E-state index contributed by atoms with van der Waals surface area (Å²) < 4.78 is 0. The summed E-state index contributed by atoms with van der Waals surface area (Å²) in [5.41, 5.74) is 3.95. The Balaban J connectivity index is 2.20. The topological polar surface area (TPSA) is 55.2 Å². The van der Waals surface area contributed by atoms with Crippen molar-refractivity contribution < 1.29 is 4.92 Å². The van der Waals surface area contributed by atoms with Gasteiger partial charge in [0.1, 0.15) is 5.69 Å². The molecule has 4 nitrogen and oxygen atoms in total. The lowest BCUT2D eigenvalue weighted by atomic mass is 10.1. The first-order valence-corrected chi connectivity index (χ1v) is 6.59. The third kappa shape index (κ3) is 3.27. The molecule has 0 aliphatic heterocycles. The van der Waals surface area contributed by atoms with Gasteiger partial charge in [0.25, 0.3) is 5.69 Å². The predicted octanol–water partition coefficient (Wildman–Crippen LogP) is 4.48. The fourth-order valence-corrected chi connectivity index (χ4v) is 2.09. The van der Waals surface area contributed by atoms with Crippen LogP contribution >= 0.6 is 11.6 Å². The summed E-state index contributed by atoms with van der Waals surface area (Å²) in [4.78, 5) is 10.5. The second-order valence-electron chi connectivity index (χ2n) is 4.69. The zero-order chi connectivity index (χ0) is 14.7. The molecule has 1 N–H and O–H groups in total. The Kier molecular flexibility index (Phi) is 4.25. The summed E-state index contributed by atoms with van der Waals surface area (Å²) in [6.07, 6.45) is 0. The molecule has 0 amide bonds. The summed E-state index contributed by atoms with van der Waals surface area (Å²) in [5.74, 6) is 0. The van der Waals surface area contributed by atoms with Crippen molar-refractivity contribution in [1.29, 1.82) is 0 Å². The Hall–Kier alpha value is -2.07. The van der Waals surface area contributed by atoms with E-state index in [4.69, 9.17) is 11.6 Å². The minimum absolute atomic E-state index is 0.0261. The minimum Gasteiger partial charge on any atom is -0.375 e. The number of halogens is 1. The fraction of sp³-hybridized carbons (Fsp3) is 0.200. The minimum atomic E-state index is -0.418. The van der Waals surface area contributed by atoms with Crippen molar-refractivity contribution in [3.63, 3.8) is 0 Å². The average Bonchev–Trinajstić information content (AvgIpc) is 2.40. The van der Waals surface area contributed by atoms with Crippen molar-refractivity contribution in [2.75, 3.05) is 5.32 Å². The van der Waals surface area contributed by atoms with Crippen molar-refractivity contribution in [3.05, 3.63) is 68.2 Å². The van der Waals surface area contributed by atoms with Gasteiger partial charge in [0.05, 0.1) is 4.92 Å². The first kappa shape index (κ1) is 14.3. The zero-order valence-corrected chi connectivity index (χ0v) is 12.1. The summed E-state index contributed by atoms with van der Waals surface area (Å²) >= 11 is 5.89. The van der Waals surface area contributed by atoms with Gasteiger partial charge in [-0.05, 0) is 42.7 Å². The van der Waals surface area contributed by atoms with Crippen molar-refractivity contribution >= 4 is 23.0 Å². The lowest BCUT2D eigenvalue weighted by Gasteiger charge is -2.09. The molecule has 0 aliphatic carbocycles. The lowest BCUT2D eigenvalue weighted by Crippen LogP contribution is -2.03. The molecule has 0 radical (unpaired) electrons. The van der Waals surface area contributed by atoms with Gasteiger partial charge in [0.15, 0.2) is 0 Å². The van der Waals surface area contributed by atoms with Crippen LogP contribution in [0, 0.1) is 24.0 Å². The van der Waals surface area contributed by atoms with Crippen molar-refractivity contribution in [3.8, 4) is 0 Å². The quantitative estimate of drug-likeness (QED) is 0.667. The summed E-state index contributed by atoms with van der Waals surface area (Å²) in [5, 5.41) is 14.5. The second-order valence-corrected chi connectivity index (χ2v) is 5.13. The number of hydrogen-bond donors (Lipinski definition) is 1. The Bertz CT molecular complexity index is 656. The second kappa shape index (κ2) is 5.92. The fourth-order valence-electron chi connectivity index (χ4n) is 1.92. The molecule has 2 rings (SSSR count). The molecule has 5 heteroatoms. The van der Waals surface area contributed by atoms with Crippen LogP contribution < -0.4 is 5.32 Å². The molecule has 0 aromatic heterocycles. The normalized spacial score (nSPS) is 10.3. The smallest absolute Gasteiger partial charge is 0.292 e. The molecule has 0 aliphatic rings. The Morgan fingerprint density at radius 1 is 1.15 bits per heavy atom. The maximum absolute atomic E-state index is 11.0. The number of nitrogens with one attached hydrogen (secondary N) is 1. The molecule has 0 bridgehead atoms. The van der Waals surface area contributed by atoms with Crippen LogP contribution in [-0.2, 0) is 6.54 Å². The van der Waals surface area contributed by atoms with Gasteiger partial charge < -0.3 is 5.32 Å². The molecule has 0 unspecified atom stereocenters. The van der Waals surface area contributed by atoms with Crippen LogP contribution in [0.15, 0.2) is 36.4 Å². The highest BCUT2D eigenvalue weighted by Crippen LogP contribution is 2.28. The van der Waals surface area contributed by atoms with E-state index in [-0.39, 0.29) is 5.69 Å². The van der Waals surface area contributed by atoms with Crippen LogP contribution in [0.1, 0.15) is 16.7 Å². The van der Waals surface area contributed by atoms with Crippen molar-refractivity contribution in [2.45, 2.75) is 20.4 Å². The van der Waals surface area contributed by atoms with E-state index in [1.54, 1.807) is 6.07 Å². The van der Waals surface area contributed by atoms with E-state index in [1.807, 2.05) is 26.0 Å². The van der Waals surface area contributed by atoms with E-state index in [1.165, 1.54) is 23.3 Å². The van der Waals surface area contributed by atoms with Gasteiger partial charge in [0, 0.05) is 17.6 Å². The Morgan fingerprint density at radius 3 is 2.55 bits per heavy atom. The van der Waals surface area contributed by atoms with Crippen LogP contribution in [0.3, 0.4) is 0 Å². The average molecular weight is 291 g/mol. The van der Waals surface area contributed by atoms with Crippen LogP contribution in [0.5, 0.6) is 0 Å². The van der Waals surface area contributed by atoms with Crippen molar-refractivity contribution in [2.24, 2.45) is 0 Å². The van der Waals surface area contributed by atoms with E-state index in [2.05, 4.69) is 11.4 Å². The predicted molar refractivity (Wildman–Crippen MR) is 81.3 cm³/mol. The van der Waals surface area contributed by atoms with E-state index >= 15 is 0 Å². The van der Waals surface area contributed by atoms with Crippen LogP contribution in [0.25, 0.3) is 0 Å². The SMILES string of the molecule is Cc1ccc(CNc2cc(Cl)ccc2[N+](=O)[O-])cc1C. The Labute approximate surface area is 122 Å². The maximum Gasteiger partial charge on any atom is 0.292 e. The van der Waals surface area contributed by atoms with Gasteiger partial charge >= 0.3 is 0 Å². The number of nitrogens with zero attached hydrogens (tertiary/aromatic N) is 1. The highest BCUT2D eigenvalue weighted by molar-refractivity contribution is 6.31. The van der Waals surface area contributed by atoms with Crippen LogP contribution in [-0.4, -0.2) is 4.92 Å². The van der Waals surface area contributed by atoms with E-state index < -0.39 is 4.92 Å². The maximum atomic E-state index is 11.0. The van der Waals surface area contributed by atoms with Gasteiger partial charge in [-0.1, -0.05) is 29.8 Å². The molecule has 2 aromatic carbocycles. The van der Waals surface area contributed by atoms with E-state index in [0.29, 0.717) is 17.3 Å². The highest BCUT2D eigenvalue weighted by atomic mass is 35.5. The lowest BCUT2D eigenvalue weighted by molar-refractivity contribution is -0.384. The summed E-state index contributed by atoms with van der Waals surface area (Å²) in [7, 11) is 0. The molecule has 0 heterocycles. The summed E-state index contributed by atoms with van der Waals surface area (Å²) in [6, 6.07) is 10.6. The standard InChI is InChI=1S/C15H15ClN2O2/c1-10-3-4-12(7-11(10)2)9-17-14-8-13(16)5-6-15(14)18(19)20/h3-8,17H,9H2,1-2H3. The molecule has 0 spiro atoms. The van der Waals surface area contributed by atoms with Gasteiger partial charge in [-0.3, -0.25) is 10.1 Å². The molecule has 0 fully saturated rings. The zero-order valence-electron chi connectivity index (χ0n) is 11.3. The van der Waals surface area contributed by atoms with Crippen LogP contribution in [0.2, 0.25) is 5.02 Å². The van der Waals surface area contributed by atoms with E-state index in [9.17, 15) is 10.1 Å². The number of benzene rings is 2. The number of anilines is 1. The molecular weight excluding hydrogens is 276 g/mol. The van der Waals surface area contributed by atoms with E-state index in [0.717, 1.165) is 5.56 Å². The van der Waals surface area contributed by atoms with Gasteiger partial charge in [-0.15, -0.1) is 0 Å². The summed E-state index contributed by atoms with van der Waals surface area (Å²) in [6.45, 7) is 4.61. The van der Waals surface area contributed by atoms with Gasteiger partial charge in [-0.2, -0.15) is 0 Å². The van der Waals surface area contributed by atoms with Gasteiger partial charge in [0.2, 0.25) is 0 Å². The largest absolute Gasteiger partial charge is 0.375 e. The number of nitro groups is 1. The molecule has 0 saturated carbocycles. The number of hydrogen-bond acceptors (Lipinski definition) is 3. The third-order valence-corrected chi connectivity index (χ3v) is 3.44. The number of rotatable bonds is 4. The monoisotopic (exact) mass is 290 g/mol.